The minimum Gasteiger partial charge on any atom is -0.486 e. The van der Waals surface area contributed by atoms with Crippen molar-refractivity contribution in [1.29, 1.82) is 5.26 Å². The van der Waals surface area contributed by atoms with Crippen molar-refractivity contribution in [3.63, 3.8) is 0 Å². The molecule has 0 aliphatic heterocycles. The molecule has 0 atom stereocenters. The number of hydrogen-bond donors (Lipinski definition) is 0. The van der Waals surface area contributed by atoms with Gasteiger partial charge in [0.15, 0.2) is 5.78 Å². The van der Waals surface area contributed by atoms with Crippen LogP contribution in [0.1, 0.15) is 33.0 Å². The Hall–Kier alpha value is -3.58. The van der Waals surface area contributed by atoms with Gasteiger partial charge in [0.1, 0.15) is 23.9 Å². The average molecular weight is 343 g/mol. The van der Waals surface area contributed by atoms with Gasteiger partial charge in [0.05, 0.1) is 11.6 Å². The molecule has 0 amide bonds. The molecule has 2 aromatic carbocycles. The van der Waals surface area contributed by atoms with E-state index in [9.17, 15) is 4.79 Å². The molecule has 0 fully saturated rings. The third-order valence-electron chi connectivity index (χ3n) is 3.75. The smallest absolute Gasteiger partial charge is 0.185 e. The summed E-state index contributed by atoms with van der Waals surface area (Å²) in [5, 5.41) is 8.78. The van der Waals surface area contributed by atoms with Crippen LogP contribution < -0.4 is 4.74 Å². The molecule has 1 aromatic heterocycles. The van der Waals surface area contributed by atoms with Crippen molar-refractivity contribution in [3.05, 3.63) is 95.0 Å². The van der Waals surface area contributed by atoms with Crippen LogP contribution in [0.15, 0.2) is 71.2 Å². The number of carbonyl (C=O) groups excluding carboxylic acids is 1. The topological polar surface area (TPSA) is 63.2 Å². The summed E-state index contributed by atoms with van der Waals surface area (Å²) < 4.78 is 11.3. The summed E-state index contributed by atoms with van der Waals surface area (Å²) in [5.74, 6) is 1.83. The summed E-state index contributed by atoms with van der Waals surface area (Å²) in [4.78, 5) is 12.2. The number of ether oxygens (including phenoxy) is 1. The molecule has 0 unspecified atom stereocenters. The van der Waals surface area contributed by atoms with E-state index < -0.39 is 0 Å². The van der Waals surface area contributed by atoms with Gasteiger partial charge in [-0.25, -0.2) is 0 Å². The van der Waals surface area contributed by atoms with E-state index in [-0.39, 0.29) is 12.4 Å². The number of carbonyl (C=O) groups is 1. The van der Waals surface area contributed by atoms with Gasteiger partial charge in [-0.2, -0.15) is 5.26 Å². The highest BCUT2D eigenvalue weighted by molar-refractivity contribution is 6.06. The molecule has 0 saturated carbocycles. The maximum Gasteiger partial charge on any atom is 0.185 e. The lowest BCUT2D eigenvalue weighted by molar-refractivity contribution is 0.104. The lowest BCUT2D eigenvalue weighted by Crippen LogP contribution is -1.94. The maximum atomic E-state index is 12.2. The van der Waals surface area contributed by atoms with E-state index >= 15 is 0 Å². The SMILES string of the molecule is Cc1cccc(C(=O)/C=C/c2ccc(COc3ccc(C#N)cc3)o2)c1. The van der Waals surface area contributed by atoms with Crippen molar-refractivity contribution in [2.45, 2.75) is 13.5 Å². The molecule has 0 N–H and O–H groups in total. The van der Waals surface area contributed by atoms with Gasteiger partial charge in [0.25, 0.3) is 0 Å². The van der Waals surface area contributed by atoms with Crippen LogP contribution in [0, 0.1) is 18.3 Å². The van der Waals surface area contributed by atoms with Gasteiger partial charge in [-0.1, -0.05) is 23.8 Å². The molecule has 1 heterocycles. The first-order valence-electron chi connectivity index (χ1n) is 8.15. The third kappa shape index (κ3) is 4.49. The molecular weight excluding hydrogens is 326 g/mol. The van der Waals surface area contributed by atoms with Crippen LogP contribution in [0.2, 0.25) is 0 Å². The summed E-state index contributed by atoms with van der Waals surface area (Å²) in [5.41, 5.74) is 2.28. The summed E-state index contributed by atoms with van der Waals surface area (Å²) in [6.07, 6.45) is 3.15. The highest BCUT2D eigenvalue weighted by Crippen LogP contribution is 2.16. The molecule has 0 aliphatic carbocycles. The Labute approximate surface area is 152 Å². The Balaban J connectivity index is 1.58. The van der Waals surface area contributed by atoms with Gasteiger partial charge in [-0.3, -0.25) is 4.79 Å². The quantitative estimate of drug-likeness (QED) is 0.470. The number of nitrogens with zero attached hydrogens (tertiary/aromatic N) is 1. The van der Waals surface area contributed by atoms with Crippen LogP contribution in [-0.4, -0.2) is 5.78 Å². The van der Waals surface area contributed by atoms with Crippen LogP contribution in [0.4, 0.5) is 0 Å². The van der Waals surface area contributed by atoms with Gasteiger partial charge < -0.3 is 9.15 Å². The predicted octanol–water partition coefficient (Wildman–Crippen LogP) is 4.93. The molecule has 0 radical (unpaired) electrons. The first-order valence-corrected chi connectivity index (χ1v) is 8.15. The molecule has 3 rings (SSSR count). The van der Waals surface area contributed by atoms with Gasteiger partial charge in [0.2, 0.25) is 0 Å². The van der Waals surface area contributed by atoms with Crippen molar-refractivity contribution >= 4 is 11.9 Å². The molecule has 0 saturated heterocycles. The van der Waals surface area contributed by atoms with Crippen molar-refractivity contribution in [3.8, 4) is 11.8 Å². The van der Waals surface area contributed by atoms with Crippen LogP contribution in [0.5, 0.6) is 5.75 Å². The fraction of sp³-hybridized carbons (Fsp3) is 0.0909. The van der Waals surface area contributed by atoms with E-state index in [4.69, 9.17) is 14.4 Å². The minimum absolute atomic E-state index is 0.0690. The molecular formula is C22H17NO3. The first kappa shape index (κ1) is 17.2. The number of hydrogen-bond acceptors (Lipinski definition) is 4. The highest BCUT2D eigenvalue weighted by atomic mass is 16.5. The number of rotatable bonds is 6. The zero-order valence-corrected chi connectivity index (χ0v) is 14.3. The lowest BCUT2D eigenvalue weighted by Gasteiger charge is -2.03. The zero-order valence-electron chi connectivity index (χ0n) is 14.3. The van der Waals surface area contributed by atoms with Crippen molar-refractivity contribution < 1.29 is 13.9 Å². The molecule has 128 valence electrons. The van der Waals surface area contributed by atoms with Gasteiger partial charge in [-0.05, 0) is 61.5 Å². The number of ketones is 1. The summed E-state index contributed by atoms with van der Waals surface area (Å²) >= 11 is 0. The third-order valence-corrected chi connectivity index (χ3v) is 3.75. The van der Waals surface area contributed by atoms with Crippen LogP contribution in [0.25, 0.3) is 6.08 Å². The highest BCUT2D eigenvalue weighted by Gasteiger charge is 2.04. The van der Waals surface area contributed by atoms with E-state index in [2.05, 4.69) is 6.07 Å². The number of nitriles is 1. The second kappa shape index (κ2) is 8.00. The molecule has 0 aliphatic rings. The monoisotopic (exact) mass is 343 g/mol. The van der Waals surface area contributed by atoms with E-state index in [1.807, 2.05) is 25.1 Å². The fourth-order valence-corrected chi connectivity index (χ4v) is 2.39. The van der Waals surface area contributed by atoms with Crippen LogP contribution >= 0.6 is 0 Å². The summed E-state index contributed by atoms with van der Waals surface area (Å²) in [7, 11) is 0. The van der Waals surface area contributed by atoms with Crippen molar-refractivity contribution in [2.75, 3.05) is 0 Å². The molecule has 26 heavy (non-hydrogen) atoms. The minimum atomic E-state index is -0.0690. The zero-order chi connectivity index (χ0) is 18.4. The number of benzene rings is 2. The Morgan fingerprint density at radius 3 is 2.69 bits per heavy atom. The normalized spacial score (nSPS) is 10.6. The largest absolute Gasteiger partial charge is 0.486 e. The number of furan rings is 1. The summed E-state index contributed by atoms with van der Waals surface area (Å²) in [6, 6.07) is 20.0. The van der Waals surface area contributed by atoms with Crippen molar-refractivity contribution in [2.24, 2.45) is 0 Å². The summed E-state index contributed by atoms with van der Waals surface area (Å²) in [6.45, 7) is 2.22. The fourth-order valence-electron chi connectivity index (χ4n) is 2.39. The number of allylic oxidation sites excluding steroid dienone is 1. The Kier molecular flexibility index (Phi) is 5.31. The van der Waals surface area contributed by atoms with E-state index in [0.29, 0.717) is 28.4 Å². The Bertz CT molecular complexity index is 975. The average Bonchev–Trinajstić information content (AvgIpc) is 3.13. The molecule has 0 bridgehead atoms. The van der Waals surface area contributed by atoms with E-state index in [1.54, 1.807) is 48.5 Å². The first-order chi connectivity index (χ1) is 12.6. The Morgan fingerprint density at radius 2 is 1.96 bits per heavy atom. The van der Waals surface area contributed by atoms with Gasteiger partial charge in [-0.15, -0.1) is 0 Å². The Morgan fingerprint density at radius 1 is 1.15 bits per heavy atom. The second-order valence-corrected chi connectivity index (χ2v) is 5.80. The number of aryl methyl sites for hydroxylation is 1. The van der Waals surface area contributed by atoms with E-state index in [0.717, 1.165) is 5.56 Å². The lowest BCUT2D eigenvalue weighted by atomic mass is 10.1. The predicted molar refractivity (Wildman–Crippen MR) is 98.7 cm³/mol. The van der Waals surface area contributed by atoms with E-state index in [1.165, 1.54) is 6.08 Å². The second-order valence-electron chi connectivity index (χ2n) is 5.80. The van der Waals surface area contributed by atoms with Gasteiger partial charge in [0, 0.05) is 5.56 Å². The maximum absolute atomic E-state index is 12.2. The molecule has 4 nitrogen and oxygen atoms in total. The molecule has 0 spiro atoms. The van der Waals surface area contributed by atoms with Crippen molar-refractivity contribution in [1.82, 2.24) is 0 Å². The molecule has 4 heteroatoms. The van der Waals surface area contributed by atoms with Crippen LogP contribution in [-0.2, 0) is 6.61 Å². The van der Waals surface area contributed by atoms with Gasteiger partial charge >= 0.3 is 0 Å². The van der Waals surface area contributed by atoms with Crippen LogP contribution in [0.3, 0.4) is 0 Å². The molecule has 3 aromatic rings. The standard InChI is InChI=1S/C22H17NO3/c1-16-3-2-4-18(13-16)22(24)12-11-20-9-10-21(26-20)15-25-19-7-5-17(14-23)6-8-19/h2-13H,15H2,1H3/b12-11+.